The Morgan fingerprint density at radius 1 is 0.286 bits per heavy atom. The van der Waals surface area contributed by atoms with Crippen LogP contribution in [0.1, 0.15) is 59.4 Å². The molecule has 0 aromatic heterocycles. The Morgan fingerprint density at radius 2 is 0.286 bits per heavy atom. The molecule has 0 amide bonds. The zero-order chi connectivity index (χ0) is 4.00. The van der Waals surface area contributed by atoms with Crippen molar-refractivity contribution in [2.75, 3.05) is 0 Å². The van der Waals surface area contributed by atoms with E-state index in [1.165, 1.54) is 0 Å². The van der Waals surface area contributed by atoms with E-state index in [-0.39, 0.29) is 68.8 Å². The zero-order valence-corrected chi connectivity index (χ0v) is 2.33. The molecule has 0 atom stereocenters. The summed E-state index contributed by atoms with van der Waals surface area (Å²) < 4.78 is 32.0. The number of rotatable bonds is 0. The molecule has 0 aromatic rings. The van der Waals surface area contributed by atoms with Gasteiger partial charge in [0, 0.05) is 18.3 Å². The van der Waals surface area contributed by atoms with Crippen LogP contribution in [0, 0.1) is 0 Å². The molecule has 0 saturated heterocycles. The Hall–Kier alpha value is -0.420. The summed E-state index contributed by atoms with van der Waals surface area (Å²) in [5.41, 5.74) is 0. The minimum Gasteiger partial charge on any atom is -0.269 e. The van der Waals surface area contributed by atoms with E-state index in [2.05, 4.69) is 0 Å². The highest BCUT2D eigenvalue weighted by molar-refractivity contribution is 2.51. The normalized spacial score (nSPS) is 0.857. The van der Waals surface area contributed by atoms with Crippen LogP contribution < -0.4 is 0 Å². The lowest BCUT2D eigenvalue weighted by Gasteiger charge is -1.00. The predicted octanol–water partition coefficient (Wildman–Crippen LogP) is 7.07. The van der Waals surface area contributed by atoms with Crippen molar-refractivity contribution < 1.29 is 27.7 Å². The van der Waals surface area contributed by atoms with Crippen molar-refractivity contribution in [3.63, 3.8) is 0 Å². The first-order valence-electron chi connectivity index (χ1n) is 0.286. The minimum absolute atomic E-state index is 0. The molecule has 0 aliphatic carbocycles. The molecular weight excluding hydrogens is 210 g/mol. The van der Waals surface area contributed by atoms with Crippen molar-refractivity contribution in [1.82, 2.24) is 0 Å². The van der Waals surface area contributed by atoms with E-state index in [1.807, 2.05) is 0 Å². The lowest BCUT2D eigenvalue weighted by Crippen LogP contribution is -0.580. The molecule has 0 spiro atoms. The maximum atomic E-state index is 8.00. The molecule has 0 radical (unpaired) electrons. The third-order valence-electron chi connectivity index (χ3n) is 0. The van der Waals surface area contributed by atoms with Crippen molar-refractivity contribution in [2.24, 2.45) is 0 Å². The smallest absolute Gasteiger partial charge is 0 e. The summed E-state index contributed by atoms with van der Waals surface area (Å²) in [6.07, 6.45) is 0. The summed E-state index contributed by atoms with van der Waals surface area (Å²) in [6.45, 7) is 0. The van der Waals surface area contributed by atoms with Gasteiger partial charge in [0.15, 0.2) is 0 Å². The van der Waals surface area contributed by atoms with Crippen LogP contribution in [-0.2, 0) is 0 Å². The van der Waals surface area contributed by atoms with E-state index in [4.69, 9.17) is 18.3 Å². The standard InChI is InChI=1S/8CH4.2F2.2FH/c;;;;;;;;2*1-2;;/h8*1H4;;;2*1H. The quantitative estimate of drug-likeness (QED) is 0.399. The van der Waals surface area contributed by atoms with Crippen LogP contribution in [0.15, 0.2) is 0 Å². The first-order valence-corrected chi connectivity index (χ1v) is 0.286. The van der Waals surface area contributed by atoms with Crippen LogP contribution in [0.25, 0.3) is 0 Å². The van der Waals surface area contributed by atoms with Gasteiger partial charge in [-0.15, -0.1) is 0 Å². The fourth-order valence-electron chi connectivity index (χ4n) is 0. The Bertz CT molecular complexity index is 13.8. The molecule has 0 unspecified atom stereocenters. The highest BCUT2D eigenvalue weighted by atomic mass is 20.0. The molecule has 0 aliphatic rings. The van der Waals surface area contributed by atoms with Crippen molar-refractivity contribution >= 4 is 0 Å². The van der Waals surface area contributed by atoms with Crippen LogP contribution in [0.5, 0.6) is 0 Å². The predicted molar refractivity (Wildman–Crippen MR) is 63.3 cm³/mol. The molecule has 14 heavy (non-hydrogen) atoms. The van der Waals surface area contributed by atoms with E-state index in [0.29, 0.717) is 0 Å². The van der Waals surface area contributed by atoms with Crippen molar-refractivity contribution in [1.29, 1.82) is 0 Å². The van der Waals surface area contributed by atoms with Gasteiger partial charge >= 0.3 is 0 Å². The fraction of sp³-hybridized carbons (Fsp3) is 1.00. The molecule has 0 heterocycles. The fourth-order valence-corrected chi connectivity index (χ4v) is 0. The van der Waals surface area contributed by atoms with Gasteiger partial charge in [0.2, 0.25) is 0 Å². The molecule has 0 aliphatic heterocycles. The summed E-state index contributed by atoms with van der Waals surface area (Å²) >= 11 is 0. The van der Waals surface area contributed by atoms with Crippen LogP contribution in [0.2, 0.25) is 0 Å². The third-order valence-corrected chi connectivity index (χ3v) is 0. The largest absolute Gasteiger partial charge is 0.269 e. The maximum absolute atomic E-state index is 8.00. The Labute approximate surface area is 88.2 Å². The van der Waals surface area contributed by atoms with Gasteiger partial charge in [-0.25, -0.2) is 0 Å². The molecule has 0 aromatic carbocycles. The highest BCUT2D eigenvalue weighted by Gasteiger charge is 1.00. The molecule has 0 rings (SSSR count). The monoisotopic (exact) mass is 244 g/mol. The molecule has 108 valence electrons. The van der Waals surface area contributed by atoms with Gasteiger partial charge in [-0.3, -0.25) is 9.41 Å². The van der Waals surface area contributed by atoms with Crippen molar-refractivity contribution in [3.8, 4) is 0 Å². The van der Waals surface area contributed by atoms with Crippen molar-refractivity contribution in [3.05, 3.63) is 0 Å². The van der Waals surface area contributed by atoms with E-state index in [0.717, 1.165) is 0 Å². The summed E-state index contributed by atoms with van der Waals surface area (Å²) in [4.78, 5) is 0. The van der Waals surface area contributed by atoms with Gasteiger partial charge in [0.1, 0.15) is 0 Å². The van der Waals surface area contributed by atoms with Crippen LogP contribution in [0.4, 0.5) is 27.7 Å². The second-order valence-electron chi connectivity index (χ2n) is 0. The second-order valence-corrected chi connectivity index (χ2v) is 0. The SMILES string of the molecule is C.C.C.C.C.C.C.C.F.F.FF.FF. The van der Waals surface area contributed by atoms with Gasteiger partial charge in [0.25, 0.3) is 0 Å². The summed E-state index contributed by atoms with van der Waals surface area (Å²) in [5.74, 6) is 0. The lowest BCUT2D eigenvalue weighted by molar-refractivity contribution is 0.108. The lowest BCUT2D eigenvalue weighted by atomic mass is 12.0. The summed E-state index contributed by atoms with van der Waals surface area (Å²) in [5, 5.41) is 0. The Balaban J connectivity index is -0.000000000333. The number of hydrogen-bond acceptors (Lipinski definition) is 0. The molecule has 0 nitrogen and oxygen atoms in total. The van der Waals surface area contributed by atoms with Gasteiger partial charge in [0.05, 0.1) is 0 Å². The molecular formula is C8H34F6. The van der Waals surface area contributed by atoms with E-state index in [9.17, 15) is 0 Å². The molecule has 6 heteroatoms. The maximum Gasteiger partial charge on any atom is 0 e. The highest BCUT2D eigenvalue weighted by Crippen LogP contribution is 1.42. The minimum atomic E-state index is 0. The van der Waals surface area contributed by atoms with Crippen molar-refractivity contribution in [2.45, 2.75) is 59.4 Å². The van der Waals surface area contributed by atoms with Crippen LogP contribution in [-0.4, -0.2) is 0 Å². The third kappa shape index (κ3) is 7350. The molecule has 0 N–H and O–H groups in total. The van der Waals surface area contributed by atoms with E-state index < -0.39 is 0 Å². The first-order chi connectivity index (χ1) is 2.00. The van der Waals surface area contributed by atoms with Crippen LogP contribution >= 0.6 is 0 Å². The molecule has 0 bridgehead atoms. The number of halogens is 6. The van der Waals surface area contributed by atoms with Gasteiger partial charge in [-0.05, 0) is 0 Å². The summed E-state index contributed by atoms with van der Waals surface area (Å²) in [7, 11) is 0. The van der Waals surface area contributed by atoms with E-state index >= 15 is 0 Å². The van der Waals surface area contributed by atoms with Gasteiger partial charge < -0.3 is 0 Å². The molecule has 0 saturated carbocycles. The van der Waals surface area contributed by atoms with Gasteiger partial charge in [-0.2, -0.15) is 0 Å². The average Bonchev–Trinajstić information content (AvgIpc) is 1.50. The number of hydrogen-bond donors (Lipinski definition) is 0. The zero-order valence-electron chi connectivity index (χ0n) is 2.33. The molecule has 0 fully saturated rings. The summed E-state index contributed by atoms with van der Waals surface area (Å²) in [6, 6.07) is 0. The Kier molecular flexibility index (Phi) is 588000. The van der Waals surface area contributed by atoms with Crippen LogP contribution in [0.3, 0.4) is 0 Å². The Morgan fingerprint density at radius 3 is 0.286 bits per heavy atom. The van der Waals surface area contributed by atoms with Gasteiger partial charge in [-0.1, -0.05) is 59.4 Å². The first kappa shape index (κ1) is 861. The second kappa shape index (κ2) is 9560. The van der Waals surface area contributed by atoms with E-state index in [1.54, 1.807) is 0 Å². The topological polar surface area (TPSA) is 0 Å². The average molecular weight is 244 g/mol.